The van der Waals surface area contributed by atoms with Crippen LogP contribution in [-0.4, -0.2) is 53.2 Å². The number of hydrogen-bond donors (Lipinski definition) is 1. The Hall–Kier alpha value is -2.81. The zero-order chi connectivity index (χ0) is 21.8. The van der Waals surface area contributed by atoms with Crippen LogP contribution >= 0.6 is 11.8 Å². The van der Waals surface area contributed by atoms with Crippen molar-refractivity contribution in [2.45, 2.75) is 26.1 Å². The topological polar surface area (TPSA) is 88.7 Å². The average Bonchev–Trinajstić information content (AvgIpc) is 3.31. The van der Waals surface area contributed by atoms with Gasteiger partial charge in [0.05, 0.1) is 12.2 Å². The number of aryl methyl sites for hydroxylation is 1. The first kappa shape index (κ1) is 21.9. The zero-order valence-electron chi connectivity index (χ0n) is 17.0. The highest BCUT2D eigenvalue weighted by molar-refractivity contribution is 7.99. The molecule has 1 fully saturated rings. The highest BCUT2D eigenvalue weighted by atomic mass is 32.2. The largest absolute Gasteiger partial charge is 0.462 e. The van der Waals surface area contributed by atoms with Crippen LogP contribution in [-0.2, 0) is 14.3 Å². The molecule has 1 aromatic carbocycles. The van der Waals surface area contributed by atoms with E-state index in [2.05, 4.69) is 4.98 Å². The van der Waals surface area contributed by atoms with Crippen molar-refractivity contribution in [2.75, 3.05) is 25.5 Å². The Labute approximate surface area is 177 Å². The minimum absolute atomic E-state index is 0.102. The Kier molecular flexibility index (Phi) is 6.81. The summed E-state index contributed by atoms with van der Waals surface area (Å²) >= 11 is 1.46. The number of halogens is 1. The number of hydrogen-bond acceptors (Lipinski definition) is 6. The smallest absolute Gasteiger partial charge is 0.355 e. The lowest BCUT2D eigenvalue weighted by molar-refractivity contribution is -0.134. The Morgan fingerprint density at radius 1 is 1.20 bits per heavy atom. The van der Waals surface area contributed by atoms with E-state index in [-0.39, 0.29) is 23.7 Å². The summed E-state index contributed by atoms with van der Waals surface area (Å²) in [5, 5.41) is -0.456. The van der Waals surface area contributed by atoms with Gasteiger partial charge in [0.1, 0.15) is 16.9 Å². The lowest BCUT2D eigenvalue weighted by Gasteiger charge is -2.24. The summed E-state index contributed by atoms with van der Waals surface area (Å²) in [4.78, 5) is 41.6. The van der Waals surface area contributed by atoms with E-state index < -0.39 is 29.8 Å². The third kappa shape index (κ3) is 4.35. The van der Waals surface area contributed by atoms with Crippen molar-refractivity contribution in [1.82, 2.24) is 9.88 Å². The fourth-order valence-electron chi connectivity index (χ4n) is 3.40. The standard InChI is InChI=1S/C21H23FN2O5S/c1-4-28-20(26)17-12(2)18(23-13(17)3)21(27)29-11-16(25)24-9-10-30-19(24)14-7-5-6-8-15(14)22/h5-8,19,23H,4,9-11H2,1-3H3/t19-/m1/s1. The van der Waals surface area contributed by atoms with Crippen molar-refractivity contribution in [2.24, 2.45) is 0 Å². The molecule has 0 bridgehead atoms. The number of H-pyrrole nitrogens is 1. The predicted molar refractivity (Wildman–Crippen MR) is 110 cm³/mol. The molecule has 0 unspecified atom stereocenters. The second-order valence-corrected chi connectivity index (χ2v) is 7.94. The molecule has 1 N–H and O–H groups in total. The van der Waals surface area contributed by atoms with Gasteiger partial charge in [-0.25, -0.2) is 14.0 Å². The first-order valence-corrected chi connectivity index (χ1v) is 10.6. The quantitative estimate of drug-likeness (QED) is 0.702. The van der Waals surface area contributed by atoms with Crippen LogP contribution < -0.4 is 0 Å². The Balaban J connectivity index is 1.68. The van der Waals surface area contributed by atoms with Crippen LogP contribution in [0, 0.1) is 19.7 Å². The van der Waals surface area contributed by atoms with Crippen LogP contribution in [0.25, 0.3) is 0 Å². The summed E-state index contributed by atoms with van der Waals surface area (Å²) in [6.45, 7) is 5.14. The molecule has 0 spiro atoms. The van der Waals surface area contributed by atoms with Crippen molar-refractivity contribution in [1.29, 1.82) is 0 Å². The average molecular weight is 434 g/mol. The van der Waals surface area contributed by atoms with Gasteiger partial charge in [-0.1, -0.05) is 18.2 Å². The monoisotopic (exact) mass is 434 g/mol. The number of benzene rings is 1. The summed E-state index contributed by atoms with van der Waals surface area (Å²) < 4.78 is 24.3. The van der Waals surface area contributed by atoms with Gasteiger partial charge in [0.15, 0.2) is 6.61 Å². The maximum absolute atomic E-state index is 14.1. The molecule has 1 amide bonds. The molecular formula is C21H23FN2O5S. The van der Waals surface area contributed by atoms with Crippen LogP contribution in [0.5, 0.6) is 0 Å². The van der Waals surface area contributed by atoms with Crippen molar-refractivity contribution in [3.05, 3.63) is 58.2 Å². The number of aromatic amines is 1. The maximum Gasteiger partial charge on any atom is 0.355 e. The molecule has 1 atom stereocenters. The van der Waals surface area contributed by atoms with E-state index in [1.54, 1.807) is 39.0 Å². The van der Waals surface area contributed by atoms with Crippen LogP contribution in [0.15, 0.2) is 24.3 Å². The van der Waals surface area contributed by atoms with Crippen molar-refractivity contribution >= 4 is 29.6 Å². The van der Waals surface area contributed by atoms with Crippen LogP contribution in [0.1, 0.15) is 50.0 Å². The molecule has 2 heterocycles. The number of rotatable bonds is 6. The van der Waals surface area contributed by atoms with Crippen LogP contribution in [0.4, 0.5) is 4.39 Å². The number of ether oxygens (including phenoxy) is 2. The Morgan fingerprint density at radius 3 is 2.63 bits per heavy atom. The minimum atomic E-state index is -0.742. The molecule has 1 aliphatic heterocycles. The lowest BCUT2D eigenvalue weighted by atomic mass is 10.1. The third-order valence-electron chi connectivity index (χ3n) is 4.83. The summed E-state index contributed by atoms with van der Waals surface area (Å²) in [7, 11) is 0. The van der Waals surface area contributed by atoms with Crippen LogP contribution in [0.3, 0.4) is 0 Å². The molecule has 1 aromatic heterocycles. The molecule has 2 aromatic rings. The Morgan fingerprint density at radius 2 is 1.93 bits per heavy atom. The highest BCUT2D eigenvalue weighted by Crippen LogP contribution is 2.38. The number of thioether (sulfide) groups is 1. The van der Waals surface area contributed by atoms with E-state index in [0.29, 0.717) is 29.1 Å². The van der Waals surface area contributed by atoms with Crippen molar-refractivity contribution in [3.63, 3.8) is 0 Å². The van der Waals surface area contributed by atoms with Gasteiger partial charge < -0.3 is 19.4 Å². The number of nitrogens with one attached hydrogen (secondary N) is 1. The number of carbonyl (C=O) groups excluding carboxylic acids is 3. The van der Waals surface area contributed by atoms with Crippen molar-refractivity contribution < 1.29 is 28.2 Å². The third-order valence-corrected chi connectivity index (χ3v) is 6.07. The van der Waals surface area contributed by atoms with Gasteiger partial charge in [0.25, 0.3) is 5.91 Å². The second-order valence-electron chi connectivity index (χ2n) is 6.75. The normalized spacial score (nSPS) is 15.9. The number of aromatic nitrogens is 1. The summed E-state index contributed by atoms with van der Waals surface area (Å²) in [5.74, 6) is -1.39. The molecule has 1 saturated heterocycles. The number of esters is 2. The Bertz CT molecular complexity index is 974. The number of nitrogens with zero attached hydrogens (tertiary/aromatic N) is 1. The van der Waals surface area contributed by atoms with Crippen molar-refractivity contribution in [3.8, 4) is 0 Å². The van der Waals surface area contributed by atoms with E-state index in [1.807, 2.05) is 0 Å². The predicted octanol–water partition coefficient (Wildman–Crippen LogP) is 3.38. The fourth-order valence-corrected chi connectivity index (χ4v) is 4.70. The maximum atomic E-state index is 14.1. The molecule has 1 aliphatic rings. The summed E-state index contributed by atoms with van der Waals surface area (Å²) in [5.41, 5.74) is 1.70. The minimum Gasteiger partial charge on any atom is -0.462 e. The molecule has 30 heavy (non-hydrogen) atoms. The molecule has 0 radical (unpaired) electrons. The first-order valence-electron chi connectivity index (χ1n) is 9.54. The number of amides is 1. The van der Waals surface area contributed by atoms with E-state index in [9.17, 15) is 18.8 Å². The zero-order valence-corrected chi connectivity index (χ0v) is 17.8. The SMILES string of the molecule is CCOC(=O)c1c(C)[nH]c(C(=O)OCC(=O)N2CCS[C@@H]2c2ccccc2F)c1C. The lowest BCUT2D eigenvalue weighted by Crippen LogP contribution is -2.34. The highest BCUT2D eigenvalue weighted by Gasteiger charge is 2.33. The molecular weight excluding hydrogens is 411 g/mol. The van der Waals surface area contributed by atoms with E-state index in [0.717, 1.165) is 0 Å². The molecule has 7 nitrogen and oxygen atoms in total. The van der Waals surface area contributed by atoms with Gasteiger partial charge in [-0.15, -0.1) is 11.8 Å². The van der Waals surface area contributed by atoms with Gasteiger partial charge in [0.2, 0.25) is 0 Å². The van der Waals surface area contributed by atoms with Gasteiger partial charge in [-0.2, -0.15) is 0 Å². The number of carbonyl (C=O) groups is 3. The second kappa shape index (κ2) is 9.34. The molecule has 3 rings (SSSR count). The van der Waals surface area contributed by atoms with Gasteiger partial charge >= 0.3 is 11.9 Å². The summed E-state index contributed by atoms with van der Waals surface area (Å²) in [6, 6.07) is 6.32. The first-order chi connectivity index (χ1) is 14.3. The van der Waals surface area contributed by atoms with E-state index in [4.69, 9.17) is 9.47 Å². The molecule has 160 valence electrons. The van der Waals surface area contributed by atoms with Gasteiger partial charge in [-0.05, 0) is 32.4 Å². The van der Waals surface area contributed by atoms with Gasteiger partial charge in [-0.3, -0.25) is 4.79 Å². The fraction of sp³-hybridized carbons (Fsp3) is 0.381. The molecule has 9 heteroatoms. The van der Waals surface area contributed by atoms with Gasteiger partial charge in [0, 0.05) is 23.6 Å². The van der Waals surface area contributed by atoms with E-state index in [1.165, 1.54) is 22.7 Å². The summed E-state index contributed by atoms with van der Waals surface area (Å²) in [6.07, 6.45) is 0. The molecule has 0 saturated carbocycles. The van der Waals surface area contributed by atoms with Crippen LogP contribution in [0.2, 0.25) is 0 Å². The van der Waals surface area contributed by atoms with E-state index >= 15 is 0 Å². The molecule has 0 aliphatic carbocycles.